The molecule has 6 heteroatoms. The summed E-state index contributed by atoms with van der Waals surface area (Å²) in [6.07, 6.45) is 0.655. The molecule has 1 unspecified atom stereocenters. The Morgan fingerprint density at radius 1 is 1.50 bits per heavy atom. The highest BCUT2D eigenvalue weighted by atomic mass is 79.9. The van der Waals surface area contributed by atoms with Gasteiger partial charge in [0.2, 0.25) is 5.91 Å². The van der Waals surface area contributed by atoms with E-state index in [1.165, 1.54) is 6.07 Å². The van der Waals surface area contributed by atoms with Crippen molar-refractivity contribution < 1.29 is 13.9 Å². The second-order valence-corrected chi connectivity index (χ2v) is 5.45. The summed E-state index contributed by atoms with van der Waals surface area (Å²) in [5.74, 6) is -0.345. The number of amides is 1. The second kappa shape index (κ2) is 9.05. The van der Waals surface area contributed by atoms with Crippen molar-refractivity contribution in [2.24, 2.45) is 0 Å². The molecule has 0 saturated carbocycles. The van der Waals surface area contributed by atoms with Gasteiger partial charge in [0.15, 0.2) is 0 Å². The number of carbonyl (C=O) groups is 1. The van der Waals surface area contributed by atoms with Crippen molar-refractivity contribution in [3.63, 3.8) is 0 Å². The van der Waals surface area contributed by atoms with Crippen LogP contribution < -0.4 is 10.6 Å². The van der Waals surface area contributed by atoms with Crippen molar-refractivity contribution >= 4 is 21.8 Å². The fourth-order valence-corrected chi connectivity index (χ4v) is 2.20. The molecule has 0 saturated heterocycles. The molecule has 0 aliphatic heterocycles. The Morgan fingerprint density at radius 2 is 2.25 bits per heavy atom. The lowest BCUT2D eigenvalue weighted by Crippen LogP contribution is -2.40. The molecule has 0 fully saturated rings. The van der Waals surface area contributed by atoms with Crippen molar-refractivity contribution in [2.45, 2.75) is 19.4 Å². The van der Waals surface area contributed by atoms with Crippen LogP contribution in [0, 0.1) is 5.82 Å². The number of benzene rings is 1. The molecule has 0 spiro atoms. The number of nitrogens with one attached hydrogen (secondary N) is 2. The van der Waals surface area contributed by atoms with Gasteiger partial charge < -0.3 is 15.4 Å². The van der Waals surface area contributed by atoms with E-state index in [-0.39, 0.29) is 24.3 Å². The van der Waals surface area contributed by atoms with E-state index in [1.807, 2.05) is 6.92 Å². The Balaban J connectivity index is 2.33. The van der Waals surface area contributed by atoms with E-state index in [1.54, 1.807) is 19.2 Å². The molecule has 0 aromatic heterocycles. The van der Waals surface area contributed by atoms with Gasteiger partial charge in [0, 0.05) is 19.7 Å². The van der Waals surface area contributed by atoms with Gasteiger partial charge in [-0.05, 0) is 47.0 Å². The maximum atomic E-state index is 13.1. The third kappa shape index (κ3) is 6.45. The Hall–Kier alpha value is -0.980. The summed E-state index contributed by atoms with van der Waals surface area (Å²) < 4.78 is 18.4. The molecular weight excluding hydrogens is 327 g/mol. The van der Waals surface area contributed by atoms with Gasteiger partial charge in [-0.15, -0.1) is 0 Å². The lowest BCUT2D eigenvalue weighted by atomic mass is 10.1. The van der Waals surface area contributed by atoms with Crippen LogP contribution in [0.2, 0.25) is 0 Å². The van der Waals surface area contributed by atoms with Crippen molar-refractivity contribution in [1.82, 2.24) is 10.6 Å². The SMILES string of the molecule is COCCNCC(=O)NC(C)Cc1ccc(F)c(Br)c1. The molecule has 1 atom stereocenters. The molecule has 1 amide bonds. The van der Waals surface area contributed by atoms with Gasteiger partial charge in [0.25, 0.3) is 0 Å². The molecule has 0 heterocycles. The Kier molecular flexibility index (Phi) is 7.72. The third-order valence-electron chi connectivity index (χ3n) is 2.70. The molecule has 2 N–H and O–H groups in total. The van der Waals surface area contributed by atoms with Gasteiger partial charge in [-0.25, -0.2) is 4.39 Å². The summed E-state index contributed by atoms with van der Waals surface area (Å²) in [5.41, 5.74) is 0.971. The molecular formula is C14H20BrFN2O2. The zero-order valence-corrected chi connectivity index (χ0v) is 13.3. The van der Waals surface area contributed by atoms with Crippen LogP contribution in [0.15, 0.2) is 22.7 Å². The third-order valence-corrected chi connectivity index (χ3v) is 3.31. The summed E-state index contributed by atoms with van der Waals surface area (Å²) in [5, 5.41) is 5.87. The largest absolute Gasteiger partial charge is 0.383 e. The number of ether oxygens (including phenoxy) is 1. The Bertz CT molecular complexity index is 443. The molecule has 1 rings (SSSR count). The molecule has 0 radical (unpaired) electrons. The van der Waals surface area contributed by atoms with Gasteiger partial charge >= 0.3 is 0 Å². The first kappa shape index (κ1) is 17.1. The average Bonchev–Trinajstić information content (AvgIpc) is 2.39. The van der Waals surface area contributed by atoms with Crippen molar-refractivity contribution in [3.8, 4) is 0 Å². The zero-order valence-electron chi connectivity index (χ0n) is 11.7. The summed E-state index contributed by atoms with van der Waals surface area (Å²) in [6.45, 7) is 3.40. The monoisotopic (exact) mass is 346 g/mol. The molecule has 0 aliphatic rings. The average molecular weight is 347 g/mol. The molecule has 20 heavy (non-hydrogen) atoms. The number of hydrogen-bond acceptors (Lipinski definition) is 3. The van der Waals surface area contributed by atoms with Crippen molar-refractivity contribution in [3.05, 3.63) is 34.1 Å². The molecule has 0 bridgehead atoms. The molecule has 112 valence electrons. The summed E-state index contributed by atoms with van der Waals surface area (Å²) in [4.78, 5) is 11.6. The van der Waals surface area contributed by atoms with Crippen LogP contribution in [0.1, 0.15) is 12.5 Å². The first-order valence-corrected chi connectivity index (χ1v) is 7.25. The van der Waals surface area contributed by atoms with Gasteiger partial charge in [0.05, 0.1) is 17.6 Å². The summed E-state index contributed by atoms with van der Waals surface area (Å²) in [6, 6.07) is 4.86. The quantitative estimate of drug-likeness (QED) is 0.706. The van der Waals surface area contributed by atoms with Crippen LogP contribution in [-0.4, -0.2) is 38.8 Å². The molecule has 0 aliphatic carbocycles. The fraction of sp³-hybridized carbons (Fsp3) is 0.500. The van der Waals surface area contributed by atoms with Crippen molar-refractivity contribution in [1.29, 1.82) is 0 Å². The first-order chi connectivity index (χ1) is 9.52. The topological polar surface area (TPSA) is 50.4 Å². The highest BCUT2D eigenvalue weighted by molar-refractivity contribution is 9.10. The van der Waals surface area contributed by atoms with E-state index < -0.39 is 0 Å². The normalized spacial score (nSPS) is 12.2. The van der Waals surface area contributed by atoms with E-state index in [4.69, 9.17) is 4.74 Å². The van der Waals surface area contributed by atoms with Crippen LogP contribution in [0.5, 0.6) is 0 Å². The fourth-order valence-electron chi connectivity index (χ4n) is 1.77. The predicted octanol–water partition coefficient (Wildman–Crippen LogP) is 1.87. The molecule has 1 aromatic carbocycles. The zero-order chi connectivity index (χ0) is 15.0. The lowest BCUT2D eigenvalue weighted by molar-refractivity contribution is -0.120. The van der Waals surface area contributed by atoms with Crippen LogP contribution in [-0.2, 0) is 16.0 Å². The van der Waals surface area contributed by atoms with E-state index >= 15 is 0 Å². The Morgan fingerprint density at radius 3 is 2.90 bits per heavy atom. The maximum Gasteiger partial charge on any atom is 0.234 e. The number of rotatable bonds is 8. The highest BCUT2D eigenvalue weighted by Crippen LogP contribution is 2.17. The van der Waals surface area contributed by atoms with Crippen LogP contribution in [0.25, 0.3) is 0 Å². The van der Waals surface area contributed by atoms with Crippen LogP contribution in [0.4, 0.5) is 4.39 Å². The predicted molar refractivity (Wildman–Crippen MR) is 80.2 cm³/mol. The summed E-state index contributed by atoms with van der Waals surface area (Å²) >= 11 is 3.15. The molecule has 4 nitrogen and oxygen atoms in total. The van der Waals surface area contributed by atoms with Crippen molar-refractivity contribution in [2.75, 3.05) is 26.8 Å². The number of carbonyl (C=O) groups excluding carboxylic acids is 1. The standard InChI is InChI=1S/C14H20BrFN2O2/c1-10(18-14(19)9-17-5-6-20-2)7-11-3-4-13(16)12(15)8-11/h3-4,8,10,17H,5-7,9H2,1-2H3,(H,18,19). The van der Waals surface area contributed by atoms with E-state index in [9.17, 15) is 9.18 Å². The minimum atomic E-state index is -0.284. The van der Waals surface area contributed by atoms with E-state index in [2.05, 4.69) is 26.6 Å². The molecule has 1 aromatic rings. The minimum absolute atomic E-state index is 0.0101. The minimum Gasteiger partial charge on any atom is -0.383 e. The van der Waals surface area contributed by atoms with Gasteiger partial charge in [0.1, 0.15) is 5.82 Å². The van der Waals surface area contributed by atoms with Crippen LogP contribution in [0.3, 0.4) is 0 Å². The smallest absolute Gasteiger partial charge is 0.234 e. The van der Waals surface area contributed by atoms with Crippen LogP contribution >= 0.6 is 15.9 Å². The second-order valence-electron chi connectivity index (χ2n) is 4.59. The number of hydrogen-bond donors (Lipinski definition) is 2. The first-order valence-electron chi connectivity index (χ1n) is 6.46. The van der Waals surface area contributed by atoms with Gasteiger partial charge in [-0.1, -0.05) is 6.07 Å². The highest BCUT2D eigenvalue weighted by Gasteiger charge is 2.09. The maximum absolute atomic E-state index is 13.1. The van der Waals surface area contributed by atoms with Gasteiger partial charge in [-0.2, -0.15) is 0 Å². The van der Waals surface area contributed by atoms with E-state index in [0.717, 1.165) is 5.56 Å². The van der Waals surface area contributed by atoms with E-state index in [0.29, 0.717) is 24.0 Å². The van der Waals surface area contributed by atoms with Gasteiger partial charge in [-0.3, -0.25) is 4.79 Å². The Labute approximate surface area is 127 Å². The number of methoxy groups -OCH3 is 1. The summed E-state index contributed by atoms with van der Waals surface area (Å²) in [7, 11) is 1.62. The lowest BCUT2D eigenvalue weighted by Gasteiger charge is -2.14. The number of halogens is 2.